The fourth-order valence-electron chi connectivity index (χ4n) is 2.01. The van der Waals surface area contributed by atoms with Crippen LogP contribution in [-0.4, -0.2) is 17.5 Å². The highest BCUT2D eigenvalue weighted by Gasteiger charge is 2.11. The summed E-state index contributed by atoms with van der Waals surface area (Å²) < 4.78 is 18.3. The number of carbonyl (C=O) groups is 1. The van der Waals surface area contributed by atoms with Gasteiger partial charge < -0.3 is 4.74 Å². The first-order chi connectivity index (χ1) is 12.0. The zero-order valence-electron chi connectivity index (χ0n) is 12.6. The third-order valence-corrected chi connectivity index (χ3v) is 4.54. The molecule has 0 saturated heterocycles. The SMILES string of the molecule is O=C(COc1ccc(F)cc1Cl)Nc1nc(-c2ccccc2Cl)cs1. The Hall–Kier alpha value is -2.15. The summed E-state index contributed by atoms with van der Waals surface area (Å²) in [6.07, 6.45) is 0. The lowest BCUT2D eigenvalue weighted by molar-refractivity contribution is -0.118. The van der Waals surface area contributed by atoms with Crippen molar-refractivity contribution in [2.75, 3.05) is 11.9 Å². The van der Waals surface area contributed by atoms with Crippen LogP contribution in [0.1, 0.15) is 0 Å². The van der Waals surface area contributed by atoms with Crippen LogP contribution in [-0.2, 0) is 4.79 Å². The maximum Gasteiger partial charge on any atom is 0.264 e. The van der Waals surface area contributed by atoms with Crippen LogP contribution in [0.3, 0.4) is 0 Å². The molecule has 0 radical (unpaired) electrons. The Kier molecular flexibility index (Phi) is 5.53. The molecule has 0 aliphatic rings. The molecule has 1 N–H and O–H groups in total. The predicted octanol–water partition coefficient (Wildman–Crippen LogP) is 5.27. The molecule has 1 heterocycles. The summed E-state index contributed by atoms with van der Waals surface area (Å²) in [5.41, 5.74) is 1.46. The van der Waals surface area contributed by atoms with Crippen molar-refractivity contribution in [1.82, 2.24) is 4.98 Å². The second-order valence-corrected chi connectivity index (χ2v) is 6.60. The Labute approximate surface area is 157 Å². The van der Waals surface area contributed by atoms with Crippen LogP contribution in [0.5, 0.6) is 5.75 Å². The van der Waals surface area contributed by atoms with Crippen molar-refractivity contribution in [2.45, 2.75) is 0 Å². The number of benzene rings is 2. The summed E-state index contributed by atoms with van der Waals surface area (Å²) in [7, 11) is 0. The van der Waals surface area contributed by atoms with Crippen LogP contribution >= 0.6 is 34.5 Å². The number of hydrogen-bond acceptors (Lipinski definition) is 4. The van der Waals surface area contributed by atoms with Crippen LogP contribution in [0.25, 0.3) is 11.3 Å². The van der Waals surface area contributed by atoms with Crippen molar-refractivity contribution >= 4 is 45.6 Å². The van der Waals surface area contributed by atoms with E-state index in [4.69, 9.17) is 27.9 Å². The van der Waals surface area contributed by atoms with E-state index in [0.717, 1.165) is 11.6 Å². The van der Waals surface area contributed by atoms with E-state index in [2.05, 4.69) is 10.3 Å². The molecule has 0 aliphatic heterocycles. The zero-order valence-corrected chi connectivity index (χ0v) is 15.0. The van der Waals surface area contributed by atoms with Gasteiger partial charge in [0.15, 0.2) is 11.7 Å². The van der Waals surface area contributed by atoms with E-state index in [1.54, 1.807) is 11.4 Å². The first kappa shape index (κ1) is 17.7. The van der Waals surface area contributed by atoms with Crippen LogP contribution in [0, 0.1) is 5.82 Å². The quantitative estimate of drug-likeness (QED) is 0.638. The molecule has 0 aliphatic carbocycles. The largest absolute Gasteiger partial charge is 0.482 e. The molecular formula is C17H11Cl2FN2O2S. The number of halogens is 3. The molecule has 0 atom stereocenters. The van der Waals surface area contributed by atoms with Crippen molar-refractivity contribution in [1.29, 1.82) is 0 Å². The fraction of sp³-hybridized carbons (Fsp3) is 0.0588. The van der Waals surface area contributed by atoms with E-state index in [-0.39, 0.29) is 17.4 Å². The van der Waals surface area contributed by atoms with Gasteiger partial charge in [-0.1, -0.05) is 41.4 Å². The molecule has 128 valence electrons. The van der Waals surface area contributed by atoms with Gasteiger partial charge in [-0.3, -0.25) is 10.1 Å². The summed E-state index contributed by atoms with van der Waals surface area (Å²) in [6.45, 7) is -0.271. The van der Waals surface area contributed by atoms with Crippen LogP contribution in [0.15, 0.2) is 47.8 Å². The first-order valence-corrected chi connectivity index (χ1v) is 8.74. The molecule has 2 aromatic carbocycles. The van der Waals surface area contributed by atoms with Gasteiger partial charge in [0.2, 0.25) is 0 Å². The molecule has 0 bridgehead atoms. The minimum atomic E-state index is -0.475. The molecule has 3 rings (SSSR count). The molecule has 1 aromatic heterocycles. The van der Waals surface area contributed by atoms with Crippen molar-refractivity contribution in [3.05, 3.63) is 63.7 Å². The van der Waals surface area contributed by atoms with Gasteiger partial charge in [-0.15, -0.1) is 11.3 Å². The minimum Gasteiger partial charge on any atom is -0.482 e. The number of aromatic nitrogens is 1. The molecule has 8 heteroatoms. The Morgan fingerprint density at radius 1 is 1.20 bits per heavy atom. The number of nitrogens with zero attached hydrogens (tertiary/aromatic N) is 1. The standard InChI is InChI=1S/C17H11Cl2FN2O2S/c18-12-4-2-1-3-11(12)14-9-25-17(21-14)22-16(23)8-24-15-6-5-10(20)7-13(15)19/h1-7,9H,8H2,(H,21,22,23). The molecule has 4 nitrogen and oxygen atoms in total. The van der Waals surface area contributed by atoms with Gasteiger partial charge in [-0.05, 0) is 24.3 Å². The highest BCUT2D eigenvalue weighted by Crippen LogP contribution is 2.30. The van der Waals surface area contributed by atoms with E-state index in [0.29, 0.717) is 15.8 Å². The minimum absolute atomic E-state index is 0.100. The molecular weight excluding hydrogens is 386 g/mol. The molecule has 0 unspecified atom stereocenters. The van der Waals surface area contributed by atoms with Gasteiger partial charge in [0.05, 0.1) is 10.7 Å². The second-order valence-electron chi connectivity index (χ2n) is 4.93. The van der Waals surface area contributed by atoms with Crippen molar-refractivity contribution in [2.24, 2.45) is 0 Å². The van der Waals surface area contributed by atoms with Gasteiger partial charge in [0, 0.05) is 16.0 Å². The number of carbonyl (C=O) groups excluding carboxylic acids is 1. The normalized spacial score (nSPS) is 10.5. The maximum atomic E-state index is 13.0. The van der Waals surface area contributed by atoms with E-state index in [1.165, 1.54) is 23.5 Å². The van der Waals surface area contributed by atoms with Gasteiger partial charge in [-0.2, -0.15) is 0 Å². The average Bonchev–Trinajstić information content (AvgIpc) is 3.02. The number of hydrogen-bond donors (Lipinski definition) is 1. The number of rotatable bonds is 5. The third-order valence-electron chi connectivity index (χ3n) is 3.15. The van der Waals surface area contributed by atoms with Crippen molar-refractivity contribution in [3.8, 4) is 17.0 Å². The Bertz CT molecular complexity index is 917. The number of thiazole rings is 1. The van der Waals surface area contributed by atoms with Crippen molar-refractivity contribution < 1.29 is 13.9 Å². The molecule has 0 spiro atoms. The third kappa shape index (κ3) is 4.48. The highest BCUT2D eigenvalue weighted by atomic mass is 35.5. The predicted molar refractivity (Wildman–Crippen MR) is 98.1 cm³/mol. The van der Waals surface area contributed by atoms with E-state index in [1.807, 2.05) is 18.2 Å². The Morgan fingerprint density at radius 2 is 2.00 bits per heavy atom. The lowest BCUT2D eigenvalue weighted by atomic mass is 10.2. The lowest BCUT2D eigenvalue weighted by Crippen LogP contribution is -2.20. The van der Waals surface area contributed by atoms with E-state index in [9.17, 15) is 9.18 Å². The number of nitrogens with one attached hydrogen (secondary N) is 1. The molecule has 3 aromatic rings. The first-order valence-electron chi connectivity index (χ1n) is 7.11. The van der Waals surface area contributed by atoms with Gasteiger partial charge >= 0.3 is 0 Å². The smallest absolute Gasteiger partial charge is 0.264 e. The second kappa shape index (κ2) is 7.82. The Morgan fingerprint density at radius 3 is 2.76 bits per heavy atom. The number of anilines is 1. The summed E-state index contributed by atoms with van der Waals surface area (Å²) in [6, 6.07) is 11.0. The van der Waals surface area contributed by atoms with Crippen LogP contribution in [0.2, 0.25) is 10.0 Å². The van der Waals surface area contributed by atoms with Crippen LogP contribution in [0.4, 0.5) is 9.52 Å². The van der Waals surface area contributed by atoms with Gasteiger partial charge in [-0.25, -0.2) is 9.37 Å². The zero-order chi connectivity index (χ0) is 17.8. The van der Waals surface area contributed by atoms with E-state index >= 15 is 0 Å². The lowest BCUT2D eigenvalue weighted by Gasteiger charge is -2.07. The molecule has 0 fully saturated rings. The number of ether oxygens (including phenoxy) is 1. The molecule has 0 saturated carbocycles. The fourth-order valence-corrected chi connectivity index (χ4v) is 3.20. The summed E-state index contributed by atoms with van der Waals surface area (Å²) >= 11 is 13.3. The van der Waals surface area contributed by atoms with Gasteiger partial charge in [0.1, 0.15) is 11.6 Å². The van der Waals surface area contributed by atoms with Crippen LogP contribution < -0.4 is 10.1 Å². The summed E-state index contributed by atoms with van der Waals surface area (Å²) in [5.74, 6) is -0.647. The summed E-state index contributed by atoms with van der Waals surface area (Å²) in [4.78, 5) is 16.3. The highest BCUT2D eigenvalue weighted by molar-refractivity contribution is 7.14. The van der Waals surface area contributed by atoms with Gasteiger partial charge in [0.25, 0.3) is 5.91 Å². The van der Waals surface area contributed by atoms with Crippen molar-refractivity contribution in [3.63, 3.8) is 0 Å². The Balaban J connectivity index is 1.61. The number of amides is 1. The van der Waals surface area contributed by atoms with E-state index < -0.39 is 11.7 Å². The molecule has 1 amide bonds. The monoisotopic (exact) mass is 396 g/mol. The average molecular weight is 397 g/mol. The molecule has 25 heavy (non-hydrogen) atoms. The maximum absolute atomic E-state index is 13.0. The topological polar surface area (TPSA) is 51.2 Å². The summed E-state index contributed by atoms with van der Waals surface area (Å²) in [5, 5.41) is 5.54.